The lowest BCUT2D eigenvalue weighted by molar-refractivity contribution is -0.126. The second-order valence-corrected chi connectivity index (χ2v) is 6.67. The topological polar surface area (TPSA) is 84.0 Å². The van der Waals surface area contributed by atoms with E-state index in [9.17, 15) is 9.59 Å². The summed E-state index contributed by atoms with van der Waals surface area (Å²) in [5.41, 5.74) is 2.10. The van der Waals surface area contributed by atoms with Crippen molar-refractivity contribution in [1.29, 1.82) is 0 Å². The molecule has 0 spiro atoms. The monoisotopic (exact) mass is 332 g/mol. The highest BCUT2D eigenvalue weighted by atomic mass is 32.1. The van der Waals surface area contributed by atoms with Crippen LogP contribution in [0.1, 0.15) is 26.3 Å². The Morgan fingerprint density at radius 1 is 1.22 bits per heavy atom. The van der Waals surface area contributed by atoms with Gasteiger partial charge in [0.25, 0.3) is 0 Å². The molecule has 2 aromatic rings. The SMILES string of the molecule is CC(=O)NC(C(=O)Nc1nnc(-c2cccc(C)c2)s1)C(C)C. The molecule has 0 fully saturated rings. The Labute approximate surface area is 139 Å². The summed E-state index contributed by atoms with van der Waals surface area (Å²) in [6.07, 6.45) is 0. The number of aromatic nitrogens is 2. The fourth-order valence-corrected chi connectivity index (χ4v) is 2.85. The Morgan fingerprint density at radius 3 is 2.57 bits per heavy atom. The van der Waals surface area contributed by atoms with E-state index in [1.165, 1.54) is 18.3 Å². The largest absolute Gasteiger partial charge is 0.344 e. The van der Waals surface area contributed by atoms with Crippen LogP contribution in [0, 0.1) is 12.8 Å². The Bertz CT molecular complexity index is 712. The van der Waals surface area contributed by atoms with Crippen molar-refractivity contribution >= 4 is 28.3 Å². The molecule has 1 aromatic heterocycles. The summed E-state index contributed by atoms with van der Waals surface area (Å²) < 4.78 is 0. The van der Waals surface area contributed by atoms with Crippen LogP contribution in [0.2, 0.25) is 0 Å². The number of hydrogen-bond donors (Lipinski definition) is 2. The highest BCUT2D eigenvalue weighted by molar-refractivity contribution is 7.18. The van der Waals surface area contributed by atoms with Crippen molar-refractivity contribution in [2.24, 2.45) is 5.92 Å². The maximum atomic E-state index is 12.3. The van der Waals surface area contributed by atoms with Crippen LogP contribution in [-0.2, 0) is 9.59 Å². The highest BCUT2D eigenvalue weighted by Crippen LogP contribution is 2.27. The van der Waals surface area contributed by atoms with Gasteiger partial charge in [-0.3, -0.25) is 14.9 Å². The Morgan fingerprint density at radius 2 is 1.96 bits per heavy atom. The molecule has 2 N–H and O–H groups in total. The summed E-state index contributed by atoms with van der Waals surface area (Å²) in [5, 5.41) is 14.7. The van der Waals surface area contributed by atoms with E-state index in [1.807, 2.05) is 45.0 Å². The van der Waals surface area contributed by atoms with Gasteiger partial charge in [-0.15, -0.1) is 10.2 Å². The predicted molar refractivity (Wildman–Crippen MR) is 91.2 cm³/mol. The van der Waals surface area contributed by atoms with Crippen molar-refractivity contribution < 1.29 is 9.59 Å². The molecule has 1 atom stereocenters. The quantitative estimate of drug-likeness (QED) is 0.881. The molecule has 2 rings (SSSR count). The molecule has 0 aliphatic carbocycles. The van der Waals surface area contributed by atoms with E-state index < -0.39 is 6.04 Å². The average molecular weight is 332 g/mol. The van der Waals surface area contributed by atoms with Gasteiger partial charge in [0, 0.05) is 12.5 Å². The molecule has 0 saturated carbocycles. The van der Waals surface area contributed by atoms with Crippen molar-refractivity contribution in [3.63, 3.8) is 0 Å². The minimum absolute atomic E-state index is 0.0249. The van der Waals surface area contributed by atoms with Gasteiger partial charge in [0.2, 0.25) is 16.9 Å². The first kappa shape index (κ1) is 17.1. The van der Waals surface area contributed by atoms with Gasteiger partial charge in [-0.25, -0.2) is 0 Å². The van der Waals surface area contributed by atoms with Gasteiger partial charge in [-0.05, 0) is 18.9 Å². The predicted octanol–water partition coefficient (Wildman–Crippen LogP) is 2.61. The van der Waals surface area contributed by atoms with Gasteiger partial charge in [0.05, 0.1) is 0 Å². The van der Waals surface area contributed by atoms with E-state index in [4.69, 9.17) is 0 Å². The third kappa shape index (κ3) is 4.59. The zero-order valence-corrected chi connectivity index (χ0v) is 14.4. The number of carbonyl (C=O) groups excluding carboxylic acids is 2. The average Bonchev–Trinajstić information content (AvgIpc) is 2.92. The second-order valence-electron chi connectivity index (χ2n) is 5.69. The van der Waals surface area contributed by atoms with E-state index >= 15 is 0 Å². The molecule has 6 nitrogen and oxygen atoms in total. The Hall–Kier alpha value is -2.28. The molecule has 0 saturated heterocycles. The standard InChI is InChI=1S/C16H20N4O2S/c1-9(2)13(17-11(4)21)14(22)18-16-20-19-15(23-16)12-7-5-6-10(3)8-12/h5-9,13H,1-4H3,(H,17,21)(H,18,20,22). The number of rotatable bonds is 5. The normalized spacial score (nSPS) is 12.0. The van der Waals surface area contributed by atoms with E-state index in [-0.39, 0.29) is 17.7 Å². The van der Waals surface area contributed by atoms with Crippen molar-refractivity contribution in [2.45, 2.75) is 33.7 Å². The molecule has 0 bridgehead atoms. The van der Waals surface area contributed by atoms with Gasteiger partial charge in [-0.2, -0.15) is 0 Å². The molecule has 7 heteroatoms. The number of amides is 2. The molecule has 0 radical (unpaired) electrons. The number of anilines is 1. The number of nitrogens with one attached hydrogen (secondary N) is 2. The van der Waals surface area contributed by atoms with Crippen LogP contribution < -0.4 is 10.6 Å². The van der Waals surface area contributed by atoms with Crippen LogP contribution in [0.15, 0.2) is 24.3 Å². The molecule has 2 amide bonds. The van der Waals surface area contributed by atoms with E-state index in [2.05, 4.69) is 20.8 Å². The third-order valence-electron chi connectivity index (χ3n) is 3.23. The van der Waals surface area contributed by atoms with Crippen LogP contribution in [0.4, 0.5) is 5.13 Å². The molecule has 0 aliphatic rings. The number of nitrogens with zero attached hydrogens (tertiary/aromatic N) is 2. The summed E-state index contributed by atoms with van der Waals surface area (Å²) >= 11 is 1.30. The summed E-state index contributed by atoms with van der Waals surface area (Å²) in [4.78, 5) is 23.5. The molecular weight excluding hydrogens is 312 g/mol. The van der Waals surface area contributed by atoms with Crippen LogP contribution >= 0.6 is 11.3 Å². The second kappa shape index (κ2) is 7.32. The van der Waals surface area contributed by atoms with Crippen molar-refractivity contribution in [2.75, 3.05) is 5.32 Å². The number of aryl methyl sites for hydroxylation is 1. The number of carbonyl (C=O) groups is 2. The molecule has 23 heavy (non-hydrogen) atoms. The Kier molecular flexibility index (Phi) is 5.44. The molecular formula is C16H20N4O2S. The van der Waals surface area contributed by atoms with Crippen molar-refractivity contribution in [1.82, 2.24) is 15.5 Å². The fraction of sp³-hybridized carbons (Fsp3) is 0.375. The third-order valence-corrected chi connectivity index (χ3v) is 4.12. The summed E-state index contributed by atoms with van der Waals surface area (Å²) in [7, 11) is 0. The van der Waals surface area contributed by atoms with Gasteiger partial charge in [0.1, 0.15) is 11.0 Å². The number of hydrogen-bond acceptors (Lipinski definition) is 5. The molecule has 0 aliphatic heterocycles. The van der Waals surface area contributed by atoms with Crippen LogP contribution in [0.5, 0.6) is 0 Å². The summed E-state index contributed by atoms with van der Waals surface area (Å²) in [5.74, 6) is -0.554. The zero-order valence-electron chi connectivity index (χ0n) is 13.6. The van der Waals surface area contributed by atoms with Gasteiger partial charge >= 0.3 is 0 Å². The van der Waals surface area contributed by atoms with Crippen LogP contribution in [-0.4, -0.2) is 28.1 Å². The fourth-order valence-electron chi connectivity index (χ4n) is 2.11. The molecule has 1 heterocycles. The van der Waals surface area contributed by atoms with Gasteiger partial charge in [0.15, 0.2) is 0 Å². The lowest BCUT2D eigenvalue weighted by Gasteiger charge is -2.19. The minimum atomic E-state index is -0.598. The summed E-state index contributed by atoms with van der Waals surface area (Å²) in [6, 6.07) is 7.33. The van der Waals surface area contributed by atoms with E-state index in [1.54, 1.807) is 0 Å². The van der Waals surface area contributed by atoms with Gasteiger partial charge in [-0.1, -0.05) is 48.9 Å². The maximum Gasteiger partial charge on any atom is 0.249 e. The first-order chi connectivity index (χ1) is 10.9. The highest BCUT2D eigenvalue weighted by Gasteiger charge is 2.24. The summed E-state index contributed by atoms with van der Waals surface area (Å²) in [6.45, 7) is 7.15. The molecule has 1 unspecified atom stereocenters. The molecule has 122 valence electrons. The number of benzene rings is 1. The minimum Gasteiger partial charge on any atom is -0.344 e. The lowest BCUT2D eigenvalue weighted by atomic mass is 10.0. The van der Waals surface area contributed by atoms with Gasteiger partial charge < -0.3 is 5.32 Å². The zero-order chi connectivity index (χ0) is 17.0. The van der Waals surface area contributed by atoms with Crippen LogP contribution in [0.25, 0.3) is 10.6 Å². The van der Waals surface area contributed by atoms with E-state index in [0.717, 1.165) is 16.1 Å². The van der Waals surface area contributed by atoms with Crippen molar-refractivity contribution in [3.05, 3.63) is 29.8 Å². The maximum absolute atomic E-state index is 12.3. The lowest BCUT2D eigenvalue weighted by Crippen LogP contribution is -2.46. The first-order valence-electron chi connectivity index (χ1n) is 7.35. The van der Waals surface area contributed by atoms with E-state index in [0.29, 0.717) is 5.13 Å². The van der Waals surface area contributed by atoms with Crippen molar-refractivity contribution in [3.8, 4) is 10.6 Å². The molecule has 1 aromatic carbocycles. The Balaban J connectivity index is 2.11. The first-order valence-corrected chi connectivity index (χ1v) is 8.17. The smallest absolute Gasteiger partial charge is 0.249 e. The van der Waals surface area contributed by atoms with Crippen LogP contribution in [0.3, 0.4) is 0 Å².